The van der Waals surface area contributed by atoms with E-state index >= 15 is 0 Å². The number of hydrogen-bond donors (Lipinski definition) is 2. The van der Waals surface area contributed by atoms with Gasteiger partial charge in [0, 0.05) is 24.1 Å². The monoisotopic (exact) mass is 257 g/mol. The molecule has 2 aliphatic rings. The molecule has 0 bridgehead atoms. The Kier molecular flexibility index (Phi) is 2.97. The van der Waals surface area contributed by atoms with Crippen molar-refractivity contribution in [2.24, 2.45) is 11.7 Å². The Balaban J connectivity index is 1.66. The number of nitriles is 1. The normalized spacial score (nSPS) is 32.0. The second-order valence-electron chi connectivity index (χ2n) is 5.05. The minimum absolute atomic E-state index is 0.0187. The minimum atomic E-state index is -0.168. The number of carbonyl (C=O) groups excluding carboxylic acids is 1. The van der Waals surface area contributed by atoms with Crippen molar-refractivity contribution in [1.29, 1.82) is 5.26 Å². The highest BCUT2D eigenvalue weighted by Crippen LogP contribution is 2.37. The zero-order valence-electron chi connectivity index (χ0n) is 10.4. The van der Waals surface area contributed by atoms with Crippen molar-refractivity contribution >= 4 is 5.91 Å². The number of benzene rings is 1. The van der Waals surface area contributed by atoms with Gasteiger partial charge in [0.05, 0.1) is 23.8 Å². The predicted molar refractivity (Wildman–Crippen MR) is 68.2 cm³/mol. The van der Waals surface area contributed by atoms with Crippen LogP contribution in [0, 0.1) is 17.2 Å². The van der Waals surface area contributed by atoms with Gasteiger partial charge < -0.3 is 15.8 Å². The third-order valence-electron chi connectivity index (χ3n) is 4.02. The lowest BCUT2D eigenvalue weighted by Gasteiger charge is -2.45. The summed E-state index contributed by atoms with van der Waals surface area (Å²) in [5, 5.41) is 11.6. The first kappa shape index (κ1) is 12.2. The second-order valence-corrected chi connectivity index (χ2v) is 5.05. The smallest absolute Gasteiger partial charge is 0.251 e. The van der Waals surface area contributed by atoms with Crippen LogP contribution in [0.3, 0.4) is 0 Å². The molecule has 1 aliphatic carbocycles. The van der Waals surface area contributed by atoms with Crippen LogP contribution in [0.2, 0.25) is 0 Å². The van der Waals surface area contributed by atoms with Crippen molar-refractivity contribution in [3.63, 3.8) is 0 Å². The fourth-order valence-corrected chi connectivity index (χ4v) is 2.86. The average molecular weight is 257 g/mol. The number of fused-ring (bicyclic) bond motifs is 1. The van der Waals surface area contributed by atoms with Crippen LogP contribution < -0.4 is 11.1 Å². The molecular weight excluding hydrogens is 242 g/mol. The molecule has 0 radical (unpaired) electrons. The van der Waals surface area contributed by atoms with Crippen LogP contribution in [0.25, 0.3) is 0 Å². The molecule has 1 heterocycles. The maximum absolute atomic E-state index is 12.1. The van der Waals surface area contributed by atoms with Crippen molar-refractivity contribution in [1.82, 2.24) is 5.32 Å². The van der Waals surface area contributed by atoms with Gasteiger partial charge in [-0.05, 0) is 30.7 Å². The summed E-state index contributed by atoms with van der Waals surface area (Å²) < 4.78 is 5.57. The molecule has 0 spiro atoms. The van der Waals surface area contributed by atoms with Crippen LogP contribution in [-0.4, -0.2) is 30.7 Å². The number of nitrogens with zero attached hydrogens (tertiary/aromatic N) is 1. The van der Waals surface area contributed by atoms with Gasteiger partial charge in [0.1, 0.15) is 0 Å². The summed E-state index contributed by atoms with van der Waals surface area (Å²) in [6, 6.07) is 8.45. The van der Waals surface area contributed by atoms with Gasteiger partial charge in [-0.15, -0.1) is 0 Å². The molecule has 1 aliphatic heterocycles. The molecule has 2 fully saturated rings. The Morgan fingerprint density at radius 2 is 2.16 bits per heavy atom. The quantitative estimate of drug-likeness (QED) is 0.802. The van der Waals surface area contributed by atoms with E-state index in [1.54, 1.807) is 24.3 Å². The Hall–Kier alpha value is -1.90. The summed E-state index contributed by atoms with van der Waals surface area (Å²) in [7, 11) is 0. The molecule has 4 unspecified atom stereocenters. The van der Waals surface area contributed by atoms with Crippen LogP contribution in [0.5, 0.6) is 0 Å². The molecule has 1 saturated heterocycles. The molecule has 5 heteroatoms. The van der Waals surface area contributed by atoms with Gasteiger partial charge in [-0.2, -0.15) is 5.26 Å². The largest absolute Gasteiger partial charge is 0.376 e. The topological polar surface area (TPSA) is 88.1 Å². The fourth-order valence-electron chi connectivity index (χ4n) is 2.86. The van der Waals surface area contributed by atoms with Crippen LogP contribution in [-0.2, 0) is 4.74 Å². The van der Waals surface area contributed by atoms with E-state index in [0.29, 0.717) is 17.0 Å². The number of nitrogens with two attached hydrogens (primary N) is 1. The molecule has 98 valence electrons. The van der Waals surface area contributed by atoms with Crippen LogP contribution in [0.4, 0.5) is 0 Å². The number of nitrogens with one attached hydrogen (secondary N) is 1. The number of rotatable bonds is 2. The Labute approximate surface area is 111 Å². The molecule has 3 rings (SSSR count). The Morgan fingerprint density at radius 3 is 2.84 bits per heavy atom. The molecule has 1 aromatic carbocycles. The summed E-state index contributed by atoms with van der Waals surface area (Å²) in [5.74, 6) is 0.213. The SMILES string of the molecule is N#Cc1ccc(C(=O)NC2C(N)C3CCOC32)cc1. The zero-order chi connectivity index (χ0) is 13.4. The fraction of sp³-hybridized carbons (Fsp3) is 0.429. The maximum Gasteiger partial charge on any atom is 0.251 e. The highest BCUT2D eigenvalue weighted by atomic mass is 16.5. The molecule has 3 N–H and O–H groups in total. The Bertz CT molecular complexity index is 535. The molecule has 5 nitrogen and oxygen atoms in total. The lowest BCUT2D eigenvalue weighted by molar-refractivity contribution is -0.0161. The summed E-state index contributed by atoms with van der Waals surface area (Å²) >= 11 is 0. The van der Waals surface area contributed by atoms with E-state index in [4.69, 9.17) is 15.7 Å². The molecule has 19 heavy (non-hydrogen) atoms. The van der Waals surface area contributed by atoms with Crippen molar-refractivity contribution in [2.45, 2.75) is 24.6 Å². The minimum Gasteiger partial charge on any atom is -0.376 e. The van der Waals surface area contributed by atoms with E-state index in [0.717, 1.165) is 13.0 Å². The van der Waals surface area contributed by atoms with Gasteiger partial charge in [-0.3, -0.25) is 4.79 Å². The molecule has 4 atom stereocenters. The van der Waals surface area contributed by atoms with Crippen LogP contribution >= 0.6 is 0 Å². The third kappa shape index (κ3) is 1.99. The van der Waals surface area contributed by atoms with Crippen LogP contribution in [0.15, 0.2) is 24.3 Å². The van der Waals surface area contributed by atoms with E-state index in [9.17, 15) is 4.79 Å². The number of amides is 1. The number of ether oxygens (including phenoxy) is 1. The molecule has 1 aromatic rings. The van der Waals surface area contributed by atoms with Gasteiger partial charge in [0.15, 0.2) is 0 Å². The van der Waals surface area contributed by atoms with Gasteiger partial charge >= 0.3 is 0 Å². The standard InChI is InChI=1S/C14H15N3O2/c15-7-8-1-3-9(4-2-8)14(18)17-12-11(16)10-5-6-19-13(10)12/h1-4,10-13H,5-6,16H2,(H,17,18). The highest BCUT2D eigenvalue weighted by Gasteiger charge is 2.52. The summed E-state index contributed by atoms with van der Waals surface area (Å²) in [4.78, 5) is 12.1. The molecule has 1 saturated carbocycles. The van der Waals surface area contributed by atoms with Crippen molar-refractivity contribution in [2.75, 3.05) is 6.61 Å². The highest BCUT2D eigenvalue weighted by molar-refractivity contribution is 5.94. The van der Waals surface area contributed by atoms with Crippen molar-refractivity contribution in [3.8, 4) is 6.07 Å². The van der Waals surface area contributed by atoms with E-state index < -0.39 is 0 Å². The number of hydrogen-bond acceptors (Lipinski definition) is 4. The summed E-state index contributed by atoms with van der Waals surface area (Å²) in [5.41, 5.74) is 7.12. The molecule has 1 amide bonds. The number of carbonyl (C=O) groups is 1. The maximum atomic E-state index is 12.1. The summed E-state index contributed by atoms with van der Waals surface area (Å²) in [6.07, 6.45) is 1.05. The van der Waals surface area contributed by atoms with Crippen LogP contribution in [0.1, 0.15) is 22.3 Å². The van der Waals surface area contributed by atoms with E-state index in [1.807, 2.05) is 6.07 Å². The van der Waals surface area contributed by atoms with Crippen molar-refractivity contribution < 1.29 is 9.53 Å². The molecule has 0 aromatic heterocycles. The van der Waals surface area contributed by atoms with E-state index in [1.165, 1.54) is 0 Å². The third-order valence-corrected chi connectivity index (χ3v) is 4.02. The first-order chi connectivity index (χ1) is 9.20. The van der Waals surface area contributed by atoms with Gasteiger partial charge in [0.25, 0.3) is 5.91 Å². The average Bonchev–Trinajstić information content (AvgIpc) is 2.89. The van der Waals surface area contributed by atoms with Gasteiger partial charge in [-0.25, -0.2) is 0 Å². The Morgan fingerprint density at radius 1 is 1.42 bits per heavy atom. The van der Waals surface area contributed by atoms with E-state index in [2.05, 4.69) is 5.32 Å². The zero-order valence-corrected chi connectivity index (χ0v) is 10.4. The lowest BCUT2D eigenvalue weighted by atomic mass is 9.72. The van der Waals surface area contributed by atoms with E-state index in [-0.39, 0.29) is 24.1 Å². The predicted octanol–water partition coefficient (Wildman–Crippen LogP) is 0.403. The van der Waals surface area contributed by atoms with Gasteiger partial charge in [-0.1, -0.05) is 0 Å². The lowest BCUT2D eigenvalue weighted by Crippen LogP contribution is -2.68. The molecular formula is C14H15N3O2. The second kappa shape index (κ2) is 4.65. The first-order valence-electron chi connectivity index (χ1n) is 6.39. The summed E-state index contributed by atoms with van der Waals surface area (Å²) in [6.45, 7) is 0.728. The first-order valence-corrected chi connectivity index (χ1v) is 6.39. The van der Waals surface area contributed by atoms with Crippen molar-refractivity contribution in [3.05, 3.63) is 35.4 Å². The van der Waals surface area contributed by atoms with Gasteiger partial charge in [0.2, 0.25) is 0 Å².